The molecule has 2 saturated heterocycles. The van der Waals surface area contributed by atoms with Crippen molar-refractivity contribution in [2.24, 2.45) is 0 Å². The molecule has 10 heteroatoms. The maximum absolute atomic E-state index is 14.0. The first kappa shape index (κ1) is 26.8. The van der Waals surface area contributed by atoms with E-state index in [1.165, 1.54) is 16.4 Å². The van der Waals surface area contributed by atoms with Gasteiger partial charge in [-0.25, -0.2) is 12.8 Å². The number of nitrogens with zero attached hydrogens (tertiary/aromatic N) is 4. The van der Waals surface area contributed by atoms with E-state index in [1.54, 1.807) is 16.8 Å². The average molecular weight is 551 g/mol. The van der Waals surface area contributed by atoms with Gasteiger partial charge in [-0.15, -0.1) is 0 Å². The molecule has 0 saturated carbocycles. The molecule has 2 fully saturated rings. The Morgan fingerprint density at radius 3 is 2.13 bits per heavy atom. The molecule has 3 aromatic carbocycles. The number of carbonyl (C=O) groups is 2. The number of sulfonamides is 1. The molecule has 0 bridgehead atoms. The van der Waals surface area contributed by atoms with Crippen LogP contribution in [0.1, 0.15) is 18.4 Å². The van der Waals surface area contributed by atoms with Crippen molar-refractivity contribution in [1.29, 1.82) is 0 Å². The summed E-state index contributed by atoms with van der Waals surface area (Å²) < 4.78 is 41.1. The Balaban J connectivity index is 1.35. The zero-order valence-corrected chi connectivity index (χ0v) is 22.6. The topological polar surface area (TPSA) is 81.2 Å². The van der Waals surface area contributed by atoms with Gasteiger partial charge in [0.15, 0.2) is 0 Å². The molecule has 2 heterocycles. The minimum atomic E-state index is -3.84. The van der Waals surface area contributed by atoms with Gasteiger partial charge in [0.2, 0.25) is 21.8 Å². The highest BCUT2D eigenvalue weighted by Gasteiger charge is 2.55. The van der Waals surface area contributed by atoms with Gasteiger partial charge in [0, 0.05) is 32.4 Å². The Hall–Kier alpha value is -3.76. The molecule has 8 nitrogen and oxygen atoms in total. The molecule has 204 valence electrons. The van der Waals surface area contributed by atoms with Crippen LogP contribution in [0.25, 0.3) is 0 Å². The van der Waals surface area contributed by atoms with E-state index >= 15 is 0 Å². The molecular formula is C29H31FN4O4S. The Morgan fingerprint density at radius 1 is 0.923 bits per heavy atom. The normalized spacial score (nSPS) is 17.5. The van der Waals surface area contributed by atoms with E-state index in [-0.39, 0.29) is 55.9 Å². The van der Waals surface area contributed by atoms with Crippen LogP contribution in [0.15, 0.2) is 89.8 Å². The number of halogens is 1. The zero-order valence-electron chi connectivity index (χ0n) is 21.7. The number of anilines is 1. The second kappa shape index (κ2) is 10.8. The maximum Gasteiger partial charge on any atom is 0.250 e. The first-order chi connectivity index (χ1) is 18.7. The van der Waals surface area contributed by atoms with Gasteiger partial charge in [0.05, 0.1) is 11.6 Å². The van der Waals surface area contributed by atoms with Crippen molar-refractivity contribution in [3.05, 3.63) is 96.3 Å². The van der Waals surface area contributed by atoms with Gasteiger partial charge in [0.25, 0.3) is 0 Å². The van der Waals surface area contributed by atoms with Crippen molar-refractivity contribution in [3.8, 4) is 0 Å². The largest absolute Gasteiger partial charge is 0.340 e. The summed E-state index contributed by atoms with van der Waals surface area (Å²) in [6, 6.07) is 23.9. The third-order valence-corrected chi connectivity index (χ3v) is 9.51. The van der Waals surface area contributed by atoms with Gasteiger partial charge < -0.3 is 14.7 Å². The van der Waals surface area contributed by atoms with Crippen molar-refractivity contribution in [2.75, 3.05) is 38.3 Å². The number of para-hydroxylation sites is 1. The number of hydrogen-bond donors (Lipinski definition) is 0. The molecule has 0 N–H and O–H groups in total. The van der Waals surface area contributed by atoms with Gasteiger partial charge in [-0.05, 0) is 54.8 Å². The molecule has 39 heavy (non-hydrogen) atoms. The van der Waals surface area contributed by atoms with E-state index in [0.717, 1.165) is 23.4 Å². The number of amides is 2. The number of benzene rings is 3. The molecule has 5 rings (SSSR count). The molecule has 2 aliphatic rings. The summed E-state index contributed by atoms with van der Waals surface area (Å²) in [6.45, 7) is 0.865. The van der Waals surface area contributed by atoms with Crippen molar-refractivity contribution < 1.29 is 22.4 Å². The summed E-state index contributed by atoms with van der Waals surface area (Å²) >= 11 is 0. The van der Waals surface area contributed by atoms with Crippen LogP contribution < -0.4 is 4.90 Å². The fourth-order valence-corrected chi connectivity index (χ4v) is 6.85. The summed E-state index contributed by atoms with van der Waals surface area (Å²) in [5.74, 6) is -0.856. The molecule has 0 radical (unpaired) electrons. The fraction of sp³-hybridized carbons (Fsp3) is 0.310. The van der Waals surface area contributed by atoms with Crippen LogP contribution in [0.3, 0.4) is 0 Å². The van der Waals surface area contributed by atoms with E-state index in [4.69, 9.17) is 0 Å². The second-order valence-electron chi connectivity index (χ2n) is 10.0. The molecule has 2 amide bonds. The Bertz CT molecular complexity index is 1430. The van der Waals surface area contributed by atoms with E-state index in [0.29, 0.717) is 6.54 Å². The summed E-state index contributed by atoms with van der Waals surface area (Å²) in [6.07, 6.45) is 0.539. The molecule has 1 spiro atoms. The SMILES string of the molecule is CN(Cc1ccccc1)C(=O)CN1CN(c2ccccc2)C2(CCN(S(=O)(=O)c3ccc(F)cc3)CC2)C1=O. The maximum atomic E-state index is 14.0. The molecule has 0 unspecified atom stereocenters. The van der Waals surface area contributed by atoms with Gasteiger partial charge in [-0.3, -0.25) is 9.59 Å². The number of carbonyl (C=O) groups excluding carboxylic acids is 2. The lowest BCUT2D eigenvalue weighted by molar-refractivity contribution is -0.140. The lowest BCUT2D eigenvalue weighted by atomic mass is 9.86. The minimum absolute atomic E-state index is 0.0196. The van der Waals surface area contributed by atoms with E-state index in [2.05, 4.69) is 0 Å². The molecular weight excluding hydrogens is 519 g/mol. The summed E-state index contributed by atoms with van der Waals surface area (Å²) in [7, 11) is -2.11. The van der Waals surface area contributed by atoms with Gasteiger partial charge in [0.1, 0.15) is 17.9 Å². The predicted octanol–water partition coefficient (Wildman–Crippen LogP) is 3.31. The van der Waals surface area contributed by atoms with Crippen molar-refractivity contribution in [1.82, 2.24) is 14.1 Å². The highest BCUT2D eigenvalue weighted by atomic mass is 32.2. The average Bonchev–Trinajstić information content (AvgIpc) is 3.20. The third-order valence-electron chi connectivity index (χ3n) is 7.60. The highest BCUT2D eigenvalue weighted by Crippen LogP contribution is 2.40. The second-order valence-corrected chi connectivity index (χ2v) is 12.0. The third kappa shape index (κ3) is 5.26. The fourth-order valence-electron chi connectivity index (χ4n) is 5.40. The minimum Gasteiger partial charge on any atom is -0.340 e. The van der Waals surface area contributed by atoms with Crippen LogP contribution in [0.5, 0.6) is 0 Å². The first-order valence-electron chi connectivity index (χ1n) is 12.9. The summed E-state index contributed by atoms with van der Waals surface area (Å²) in [5, 5.41) is 0. The Kier molecular flexibility index (Phi) is 7.42. The smallest absolute Gasteiger partial charge is 0.250 e. The van der Waals surface area contributed by atoms with Crippen molar-refractivity contribution >= 4 is 27.5 Å². The van der Waals surface area contributed by atoms with Crippen molar-refractivity contribution in [2.45, 2.75) is 29.8 Å². The van der Waals surface area contributed by atoms with Crippen LogP contribution in [-0.2, 0) is 26.2 Å². The predicted molar refractivity (Wildman–Crippen MR) is 146 cm³/mol. The van der Waals surface area contributed by atoms with Crippen LogP contribution in [-0.4, -0.2) is 73.2 Å². The lowest BCUT2D eigenvalue weighted by Gasteiger charge is -2.42. The molecule has 0 aromatic heterocycles. The number of hydrogen-bond acceptors (Lipinski definition) is 5. The highest BCUT2D eigenvalue weighted by molar-refractivity contribution is 7.89. The number of likely N-dealkylation sites (N-methyl/N-ethyl adjacent to an activating group) is 1. The Labute approximate surface area is 228 Å². The lowest BCUT2D eigenvalue weighted by Crippen LogP contribution is -2.57. The molecule has 2 aliphatic heterocycles. The number of rotatable bonds is 7. The van der Waals surface area contributed by atoms with E-state index in [1.807, 2.05) is 65.6 Å². The van der Waals surface area contributed by atoms with Crippen LogP contribution in [0.4, 0.5) is 10.1 Å². The molecule has 0 atom stereocenters. The van der Waals surface area contributed by atoms with Gasteiger partial charge in [-0.1, -0.05) is 48.5 Å². The van der Waals surface area contributed by atoms with Crippen LogP contribution >= 0.6 is 0 Å². The number of piperidine rings is 1. The molecule has 3 aromatic rings. The van der Waals surface area contributed by atoms with E-state index in [9.17, 15) is 22.4 Å². The monoisotopic (exact) mass is 550 g/mol. The van der Waals surface area contributed by atoms with Gasteiger partial charge >= 0.3 is 0 Å². The molecule has 0 aliphatic carbocycles. The first-order valence-corrected chi connectivity index (χ1v) is 14.3. The Morgan fingerprint density at radius 2 is 1.51 bits per heavy atom. The van der Waals surface area contributed by atoms with Crippen molar-refractivity contribution in [3.63, 3.8) is 0 Å². The standard InChI is InChI=1S/C29H31FN4O4S/c1-31(20-23-8-4-2-5-9-23)27(35)21-32-22-34(25-10-6-3-7-11-25)29(28(32)36)16-18-33(19-17-29)39(37,38)26-14-12-24(30)13-15-26/h2-15H,16-22H2,1H3. The van der Waals surface area contributed by atoms with Gasteiger partial charge in [-0.2, -0.15) is 4.31 Å². The summed E-state index contributed by atoms with van der Waals surface area (Å²) in [5.41, 5.74) is 0.876. The quantitative estimate of drug-likeness (QED) is 0.451. The van der Waals surface area contributed by atoms with Crippen LogP contribution in [0, 0.1) is 5.82 Å². The van der Waals surface area contributed by atoms with Crippen LogP contribution in [0.2, 0.25) is 0 Å². The van der Waals surface area contributed by atoms with E-state index < -0.39 is 21.4 Å². The summed E-state index contributed by atoms with van der Waals surface area (Å²) in [4.78, 5) is 32.3. The zero-order chi connectivity index (χ0) is 27.6.